The fourth-order valence-electron chi connectivity index (χ4n) is 6.98. The predicted octanol–water partition coefficient (Wildman–Crippen LogP) is 9.67. The standard InChI is InChI=1S/C37H45NO4/c1-3-6-26-10-14-28(15-11-26)30-18-22-32(23-19-30)41-36(39)34-8-5-9-35(38-34)37(40)42-33-24-20-31(21-25-33)29-16-12-27(7-4-2)13-17-29/h5,8-9,18-29H,3-4,6-7,10-17H2,1-2H3. The van der Waals surface area contributed by atoms with Crippen molar-refractivity contribution < 1.29 is 19.1 Å². The van der Waals surface area contributed by atoms with E-state index in [-0.39, 0.29) is 11.4 Å². The molecule has 0 unspecified atom stereocenters. The maximum absolute atomic E-state index is 12.8. The molecule has 1 aromatic heterocycles. The lowest BCUT2D eigenvalue weighted by Gasteiger charge is -2.28. The van der Waals surface area contributed by atoms with Crippen molar-refractivity contribution in [3.63, 3.8) is 0 Å². The summed E-state index contributed by atoms with van der Waals surface area (Å²) in [6, 6.07) is 20.4. The third kappa shape index (κ3) is 7.87. The van der Waals surface area contributed by atoms with Crippen molar-refractivity contribution in [2.45, 2.75) is 103 Å². The van der Waals surface area contributed by atoms with E-state index < -0.39 is 11.9 Å². The third-order valence-electron chi connectivity index (χ3n) is 9.38. The minimum atomic E-state index is -0.601. The Balaban J connectivity index is 1.13. The van der Waals surface area contributed by atoms with Crippen molar-refractivity contribution in [3.05, 3.63) is 89.2 Å². The molecule has 0 N–H and O–H groups in total. The van der Waals surface area contributed by atoms with Gasteiger partial charge in [0.15, 0.2) is 0 Å². The first-order valence-electron chi connectivity index (χ1n) is 16.1. The summed E-state index contributed by atoms with van der Waals surface area (Å²) in [4.78, 5) is 29.9. The predicted molar refractivity (Wildman–Crippen MR) is 166 cm³/mol. The lowest BCUT2D eigenvalue weighted by Crippen LogP contribution is -2.16. The third-order valence-corrected chi connectivity index (χ3v) is 9.38. The molecule has 0 radical (unpaired) electrons. The Morgan fingerprint density at radius 1 is 0.595 bits per heavy atom. The number of rotatable bonds is 10. The van der Waals surface area contributed by atoms with E-state index in [1.807, 2.05) is 24.3 Å². The molecule has 42 heavy (non-hydrogen) atoms. The Morgan fingerprint density at radius 3 is 1.33 bits per heavy atom. The second-order valence-electron chi connectivity index (χ2n) is 12.3. The van der Waals surface area contributed by atoms with Crippen LogP contribution in [-0.2, 0) is 0 Å². The fourth-order valence-corrected chi connectivity index (χ4v) is 6.98. The van der Waals surface area contributed by atoms with Crippen LogP contribution in [0.3, 0.4) is 0 Å². The number of hydrogen-bond donors (Lipinski definition) is 0. The average Bonchev–Trinajstić information content (AvgIpc) is 3.03. The molecule has 2 aromatic carbocycles. The lowest BCUT2D eigenvalue weighted by atomic mass is 9.77. The Kier molecular flexibility index (Phi) is 10.4. The quantitative estimate of drug-likeness (QED) is 0.180. The summed E-state index contributed by atoms with van der Waals surface area (Å²) in [7, 11) is 0. The summed E-state index contributed by atoms with van der Waals surface area (Å²) in [5, 5.41) is 0. The molecule has 0 aliphatic heterocycles. The molecule has 0 amide bonds. The van der Waals surface area contributed by atoms with Gasteiger partial charge in [0.05, 0.1) is 0 Å². The van der Waals surface area contributed by atoms with Gasteiger partial charge < -0.3 is 9.47 Å². The van der Waals surface area contributed by atoms with Gasteiger partial charge in [-0.3, -0.25) is 0 Å². The van der Waals surface area contributed by atoms with E-state index in [9.17, 15) is 9.59 Å². The zero-order chi connectivity index (χ0) is 29.3. The summed E-state index contributed by atoms with van der Waals surface area (Å²) in [5.41, 5.74) is 2.74. The number of esters is 2. The Bertz CT molecular complexity index is 1200. The molecule has 2 fully saturated rings. The molecule has 0 spiro atoms. The van der Waals surface area contributed by atoms with Crippen LogP contribution in [0.1, 0.15) is 135 Å². The first-order valence-corrected chi connectivity index (χ1v) is 16.1. The number of hydrogen-bond acceptors (Lipinski definition) is 5. The van der Waals surface area contributed by atoms with Crippen LogP contribution in [0.25, 0.3) is 0 Å². The molecule has 0 bridgehead atoms. The van der Waals surface area contributed by atoms with Crippen LogP contribution in [0.4, 0.5) is 0 Å². The van der Waals surface area contributed by atoms with Gasteiger partial charge in [-0.1, -0.05) is 69.9 Å². The molecular weight excluding hydrogens is 522 g/mol. The molecule has 5 rings (SSSR count). The number of benzene rings is 2. The van der Waals surface area contributed by atoms with Gasteiger partial charge in [0.2, 0.25) is 0 Å². The van der Waals surface area contributed by atoms with Gasteiger partial charge in [-0.25, -0.2) is 14.6 Å². The van der Waals surface area contributed by atoms with Crippen molar-refractivity contribution in [1.82, 2.24) is 4.98 Å². The number of nitrogens with zero attached hydrogens (tertiary/aromatic N) is 1. The van der Waals surface area contributed by atoms with Gasteiger partial charge in [0.1, 0.15) is 22.9 Å². The summed E-state index contributed by atoms with van der Waals surface area (Å²) < 4.78 is 11.2. The molecular formula is C37H45NO4. The van der Waals surface area contributed by atoms with Crippen molar-refractivity contribution in [2.75, 3.05) is 0 Å². The van der Waals surface area contributed by atoms with Crippen LogP contribution >= 0.6 is 0 Å². The van der Waals surface area contributed by atoms with Crippen molar-refractivity contribution in [3.8, 4) is 11.5 Å². The highest BCUT2D eigenvalue weighted by atomic mass is 16.5. The Morgan fingerprint density at radius 2 is 0.976 bits per heavy atom. The molecule has 3 aromatic rings. The maximum Gasteiger partial charge on any atom is 0.362 e. The van der Waals surface area contributed by atoms with Crippen molar-refractivity contribution in [2.24, 2.45) is 11.8 Å². The van der Waals surface area contributed by atoms with Crippen LogP contribution in [0.15, 0.2) is 66.7 Å². The topological polar surface area (TPSA) is 65.5 Å². The van der Waals surface area contributed by atoms with E-state index in [0.717, 1.165) is 11.8 Å². The second-order valence-corrected chi connectivity index (χ2v) is 12.3. The molecule has 0 atom stereocenters. The zero-order valence-corrected chi connectivity index (χ0v) is 25.2. The first kappa shape index (κ1) is 30.0. The van der Waals surface area contributed by atoms with E-state index in [1.54, 1.807) is 18.2 Å². The summed E-state index contributed by atoms with van der Waals surface area (Å²) in [6.07, 6.45) is 15.3. The monoisotopic (exact) mass is 567 g/mol. The van der Waals surface area contributed by atoms with E-state index in [1.165, 1.54) is 88.2 Å². The van der Waals surface area contributed by atoms with E-state index >= 15 is 0 Å². The molecule has 5 nitrogen and oxygen atoms in total. The number of ether oxygens (including phenoxy) is 2. The molecule has 2 aliphatic rings. The van der Waals surface area contributed by atoms with Gasteiger partial charge in [0, 0.05) is 0 Å². The average molecular weight is 568 g/mol. The summed E-state index contributed by atoms with van der Waals surface area (Å²) in [5.74, 6) is 2.64. The van der Waals surface area contributed by atoms with E-state index in [2.05, 4.69) is 43.1 Å². The summed E-state index contributed by atoms with van der Waals surface area (Å²) >= 11 is 0. The van der Waals surface area contributed by atoms with Gasteiger partial charge in [0.25, 0.3) is 0 Å². The highest BCUT2D eigenvalue weighted by Crippen LogP contribution is 2.39. The SMILES string of the molecule is CCCC1CCC(c2ccc(OC(=O)c3cccc(C(=O)Oc4ccc(C5CCC(CCC)CC5)cc4)n3)cc2)CC1. The first-order chi connectivity index (χ1) is 20.5. The largest absolute Gasteiger partial charge is 0.422 e. The smallest absolute Gasteiger partial charge is 0.362 e. The summed E-state index contributed by atoms with van der Waals surface area (Å²) in [6.45, 7) is 4.53. The molecule has 1 heterocycles. The van der Waals surface area contributed by atoms with Crippen molar-refractivity contribution >= 4 is 11.9 Å². The highest BCUT2D eigenvalue weighted by molar-refractivity contribution is 5.93. The van der Waals surface area contributed by atoms with Crippen LogP contribution in [-0.4, -0.2) is 16.9 Å². The maximum atomic E-state index is 12.8. The minimum Gasteiger partial charge on any atom is -0.422 e. The molecule has 5 heteroatoms. The molecule has 2 aliphatic carbocycles. The van der Waals surface area contributed by atoms with Gasteiger partial charge in [-0.2, -0.15) is 0 Å². The molecule has 222 valence electrons. The number of carbonyl (C=O) groups is 2. The Hall–Kier alpha value is -3.47. The normalized spacial score (nSPS) is 22.3. The fraction of sp³-hybridized carbons (Fsp3) is 0.486. The number of pyridine rings is 1. The van der Waals surface area contributed by atoms with Crippen LogP contribution in [0.5, 0.6) is 11.5 Å². The molecule has 0 saturated heterocycles. The second kappa shape index (κ2) is 14.6. The van der Waals surface area contributed by atoms with Gasteiger partial charge in [-0.05, 0) is 123 Å². The van der Waals surface area contributed by atoms with Crippen LogP contribution in [0, 0.1) is 11.8 Å². The van der Waals surface area contributed by atoms with Gasteiger partial charge >= 0.3 is 11.9 Å². The van der Waals surface area contributed by atoms with Crippen LogP contribution < -0.4 is 9.47 Å². The van der Waals surface area contributed by atoms with E-state index in [4.69, 9.17) is 9.47 Å². The molecule has 2 saturated carbocycles. The lowest BCUT2D eigenvalue weighted by molar-refractivity contribution is 0.0722. The highest BCUT2D eigenvalue weighted by Gasteiger charge is 2.23. The van der Waals surface area contributed by atoms with Crippen molar-refractivity contribution in [1.29, 1.82) is 0 Å². The van der Waals surface area contributed by atoms with Crippen LogP contribution in [0.2, 0.25) is 0 Å². The number of carbonyl (C=O) groups excluding carboxylic acids is 2. The van der Waals surface area contributed by atoms with Gasteiger partial charge in [-0.15, -0.1) is 0 Å². The number of aromatic nitrogens is 1. The zero-order valence-electron chi connectivity index (χ0n) is 25.2. The van der Waals surface area contributed by atoms with E-state index in [0.29, 0.717) is 23.3 Å². The Labute approximate surface area is 251 Å². The minimum absolute atomic E-state index is 0.0665.